The quantitative estimate of drug-likeness (QED) is 0.691. The fourth-order valence-corrected chi connectivity index (χ4v) is 3.97. The van der Waals surface area contributed by atoms with E-state index in [1.807, 2.05) is 12.1 Å². The van der Waals surface area contributed by atoms with Crippen LogP contribution in [-0.4, -0.2) is 49.9 Å². The molecule has 162 valence electrons. The third-order valence-electron chi connectivity index (χ3n) is 5.86. The first-order chi connectivity index (χ1) is 14.5. The lowest BCUT2D eigenvalue weighted by atomic mass is 9.87. The number of piperazine rings is 1. The highest BCUT2D eigenvalue weighted by Gasteiger charge is 2.41. The minimum atomic E-state index is -0.932. The Balaban J connectivity index is 1.84. The van der Waals surface area contributed by atoms with Crippen LogP contribution in [0.25, 0.3) is 16.9 Å². The average molecular weight is 420 g/mol. The van der Waals surface area contributed by atoms with Crippen molar-refractivity contribution in [3.63, 3.8) is 0 Å². The molecule has 0 radical (unpaired) electrons. The molecule has 31 heavy (non-hydrogen) atoms. The Morgan fingerprint density at radius 3 is 2.61 bits per heavy atom. The second kappa shape index (κ2) is 7.18. The maximum absolute atomic E-state index is 13.3. The Morgan fingerprint density at radius 1 is 1.19 bits per heavy atom. The molecule has 3 aromatic rings. The number of nitrogens with one attached hydrogen (secondary N) is 1. The normalized spacial score (nSPS) is 16.5. The summed E-state index contributed by atoms with van der Waals surface area (Å²) in [6.45, 7) is 12.8. The van der Waals surface area contributed by atoms with Gasteiger partial charge in [0.25, 0.3) is 5.91 Å². The van der Waals surface area contributed by atoms with E-state index in [9.17, 15) is 9.59 Å². The van der Waals surface area contributed by atoms with Crippen LogP contribution in [0.15, 0.2) is 36.5 Å². The number of fused-ring (bicyclic) bond motifs is 1. The van der Waals surface area contributed by atoms with Gasteiger partial charge in [-0.05, 0) is 38.3 Å². The summed E-state index contributed by atoms with van der Waals surface area (Å²) < 4.78 is 1.70. The summed E-state index contributed by atoms with van der Waals surface area (Å²) in [7, 11) is 0. The number of hydrogen-bond donors (Lipinski definition) is 1. The highest BCUT2D eigenvalue weighted by Crippen LogP contribution is 2.30. The van der Waals surface area contributed by atoms with E-state index in [4.69, 9.17) is 5.10 Å². The summed E-state index contributed by atoms with van der Waals surface area (Å²) >= 11 is 0. The van der Waals surface area contributed by atoms with Crippen molar-refractivity contribution in [3.8, 4) is 11.3 Å². The van der Waals surface area contributed by atoms with Crippen LogP contribution in [0.4, 0.5) is 0 Å². The number of aromatic nitrogens is 3. The molecule has 1 saturated heterocycles. The van der Waals surface area contributed by atoms with Crippen molar-refractivity contribution in [2.45, 2.75) is 52.5 Å². The van der Waals surface area contributed by atoms with E-state index in [1.165, 1.54) is 0 Å². The van der Waals surface area contributed by atoms with Gasteiger partial charge in [0.15, 0.2) is 5.65 Å². The number of imidazole rings is 1. The summed E-state index contributed by atoms with van der Waals surface area (Å²) in [4.78, 5) is 31.9. The molecule has 7 heteroatoms. The van der Waals surface area contributed by atoms with Crippen LogP contribution in [0.2, 0.25) is 0 Å². The zero-order valence-corrected chi connectivity index (χ0v) is 19.0. The molecule has 1 fully saturated rings. The number of carbonyl (C=O) groups is 2. The van der Waals surface area contributed by atoms with Gasteiger partial charge in [0, 0.05) is 24.2 Å². The highest BCUT2D eigenvalue weighted by molar-refractivity contribution is 5.99. The Kier molecular flexibility index (Phi) is 4.87. The Bertz CT molecular complexity index is 1190. The minimum Gasteiger partial charge on any atom is -0.352 e. The fourth-order valence-electron chi connectivity index (χ4n) is 3.97. The maximum atomic E-state index is 13.3. The van der Waals surface area contributed by atoms with Crippen LogP contribution < -0.4 is 5.32 Å². The Morgan fingerprint density at radius 2 is 1.94 bits per heavy atom. The van der Waals surface area contributed by atoms with Gasteiger partial charge in [0.1, 0.15) is 11.2 Å². The number of rotatable bonds is 2. The van der Waals surface area contributed by atoms with Crippen LogP contribution in [0.1, 0.15) is 56.2 Å². The van der Waals surface area contributed by atoms with E-state index in [0.29, 0.717) is 24.4 Å². The molecule has 0 unspecified atom stereocenters. The number of benzene rings is 1. The van der Waals surface area contributed by atoms with Gasteiger partial charge < -0.3 is 10.2 Å². The number of amides is 2. The van der Waals surface area contributed by atoms with Gasteiger partial charge in [-0.3, -0.25) is 9.59 Å². The summed E-state index contributed by atoms with van der Waals surface area (Å²) in [6.07, 6.45) is 1.68. The first kappa shape index (κ1) is 21.0. The third-order valence-corrected chi connectivity index (χ3v) is 5.86. The van der Waals surface area contributed by atoms with Crippen molar-refractivity contribution in [1.29, 1.82) is 0 Å². The summed E-state index contributed by atoms with van der Waals surface area (Å²) in [5.41, 5.74) is 3.83. The van der Waals surface area contributed by atoms with E-state index < -0.39 is 5.54 Å². The topological polar surface area (TPSA) is 79.6 Å². The van der Waals surface area contributed by atoms with Crippen molar-refractivity contribution in [2.75, 3.05) is 13.1 Å². The minimum absolute atomic E-state index is 0.161. The predicted octanol–water partition coefficient (Wildman–Crippen LogP) is 3.35. The first-order valence-electron chi connectivity index (χ1n) is 10.6. The molecule has 0 spiro atoms. The van der Waals surface area contributed by atoms with Gasteiger partial charge in [-0.15, -0.1) is 0 Å². The van der Waals surface area contributed by atoms with Crippen LogP contribution in [0.5, 0.6) is 0 Å². The van der Waals surface area contributed by atoms with Gasteiger partial charge in [-0.25, -0.2) is 9.50 Å². The predicted molar refractivity (Wildman–Crippen MR) is 120 cm³/mol. The largest absolute Gasteiger partial charge is 0.352 e. The summed E-state index contributed by atoms with van der Waals surface area (Å²) in [5.74, 6) is -0.423. The Hall–Kier alpha value is -3.22. The van der Waals surface area contributed by atoms with Crippen molar-refractivity contribution in [1.82, 2.24) is 24.8 Å². The van der Waals surface area contributed by atoms with Crippen molar-refractivity contribution in [2.24, 2.45) is 0 Å². The van der Waals surface area contributed by atoms with Gasteiger partial charge in [0.05, 0.1) is 11.9 Å². The molecule has 1 aliphatic heterocycles. The SMILES string of the molecule is Cc1cccc(-c2cc(C(C)(C)C)c3nc(C(=O)N4CCNC(=O)C4(C)C)cn3n2)c1. The van der Waals surface area contributed by atoms with Crippen LogP contribution in [-0.2, 0) is 10.2 Å². The van der Waals surface area contributed by atoms with Crippen molar-refractivity contribution < 1.29 is 9.59 Å². The fraction of sp³-hybridized carbons (Fsp3) is 0.417. The van der Waals surface area contributed by atoms with Crippen LogP contribution in [0, 0.1) is 6.92 Å². The zero-order valence-electron chi connectivity index (χ0n) is 19.0. The van der Waals surface area contributed by atoms with E-state index >= 15 is 0 Å². The molecule has 2 aromatic heterocycles. The summed E-state index contributed by atoms with van der Waals surface area (Å²) in [5, 5.41) is 7.59. The number of hydrogen-bond acceptors (Lipinski definition) is 4. The number of nitrogens with zero attached hydrogens (tertiary/aromatic N) is 4. The third kappa shape index (κ3) is 3.69. The molecule has 4 rings (SSSR count). The molecule has 7 nitrogen and oxygen atoms in total. The van der Waals surface area contributed by atoms with E-state index in [1.54, 1.807) is 29.5 Å². The number of carbonyl (C=O) groups excluding carboxylic acids is 2. The monoisotopic (exact) mass is 419 g/mol. The summed E-state index contributed by atoms with van der Waals surface area (Å²) in [6, 6.07) is 10.3. The Labute approximate surface area is 182 Å². The zero-order chi connectivity index (χ0) is 22.6. The molecule has 1 aromatic carbocycles. The van der Waals surface area contributed by atoms with Gasteiger partial charge >= 0.3 is 0 Å². The first-order valence-corrected chi connectivity index (χ1v) is 10.6. The lowest BCUT2D eigenvalue weighted by molar-refractivity contribution is -0.133. The highest BCUT2D eigenvalue weighted by atomic mass is 16.2. The van der Waals surface area contributed by atoms with Gasteiger partial charge in [-0.1, -0.05) is 44.5 Å². The molecule has 0 saturated carbocycles. The van der Waals surface area contributed by atoms with Gasteiger partial charge in [0.2, 0.25) is 5.91 Å². The molecule has 0 bridgehead atoms. The molecule has 1 aliphatic rings. The average Bonchev–Trinajstić information content (AvgIpc) is 3.12. The molecule has 1 N–H and O–H groups in total. The molecular formula is C24H29N5O2. The standard InChI is InChI=1S/C24H29N5O2/c1-15-8-7-9-16(12-15)18-13-17(23(2,3)4)20-26-19(14-29(20)27-18)21(30)28-11-10-25-22(31)24(28,5)6/h7-9,12-14H,10-11H2,1-6H3,(H,25,31). The smallest absolute Gasteiger partial charge is 0.275 e. The van der Waals surface area contributed by atoms with Gasteiger partial charge in [-0.2, -0.15) is 5.10 Å². The van der Waals surface area contributed by atoms with E-state index in [-0.39, 0.29) is 17.2 Å². The second-order valence-corrected chi connectivity index (χ2v) is 9.73. The number of aryl methyl sites for hydroxylation is 1. The molecule has 0 aliphatic carbocycles. The second-order valence-electron chi connectivity index (χ2n) is 9.73. The molecule has 2 amide bonds. The molecule has 0 atom stereocenters. The van der Waals surface area contributed by atoms with Crippen molar-refractivity contribution in [3.05, 3.63) is 53.3 Å². The van der Waals surface area contributed by atoms with Crippen molar-refractivity contribution >= 4 is 17.5 Å². The lowest BCUT2D eigenvalue weighted by Gasteiger charge is -2.40. The molecular weight excluding hydrogens is 390 g/mol. The van der Waals surface area contributed by atoms with Crippen LogP contribution >= 0.6 is 0 Å². The lowest BCUT2D eigenvalue weighted by Crippen LogP contribution is -2.63. The van der Waals surface area contributed by atoms with E-state index in [0.717, 1.165) is 22.4 Å². The van der Waals surface area contributed by atoms with Crippen LogP contribution in [0.3, 0.4) is 0 Å². The maximum Gasteiger partial charge on any atom is 0.275 e. The molecule has 3 heterocycles. The van der Waals surface area contributed by atoms with E-state index in [2.05, 4.69) is 56.2 Å².